The van der Waals surface area contributed by atoms with Crippen molar-refractivity contribution in [1.29, 1.82) is 0 Å². The molecule has 5 nitrogen and oxygen atoms in total. The lowest BCUT2D eigenvalue weighted by Gasteiger charge is -2.18. The number of methoxy groups -OCH3 is 1. The van der Waals surface area contributed by atoms with Crippen molar-refractivity contribution in [2.75, 3.05) is 7.11 Å². The van der Waals surface area contributed by atoms with E-state index in [1.807, 2.05) is 11.6 Å². The van der Waals surface area contributed by atoms with Gasteiger partial charge < -0.3 is 10.5 Å². The molecule has 2 rings (SSSR count). The number of nitrogens with two attached hydrogens (primary N) is 1. The van der Waals surface area contributed by atoms with Crippen molar-refractivity contribution >= 4 is 17.2 Å². The van der Waals surface area contributed by atoms with Gasteiger partial charge in [-0.1, -0.05) is 17.4 Å². The molecule has 0 radical (unpaired) electrons. The smallest absolute Gasteiger partial charge is 0.145 e. The highest BCUT2D eigenvalue weighted by Crippen LogP contribution is 2.40. The van der Waals surface area contributed by atoms with Gasteiger partial charge in [-0.2, -0.15) is 0 Å². The predicted octanol–water partition coefficient (Wildman–Crippen LogP) is 1.59. The first-order chi connectivity index (χ1) is 8.06. The van der Waals surface area contributed by atoms with Crippen LogP contribution in [0.5, 0.6) is 0 Å². The average molecular weight is 254 g/mol. The Bertz CT molecular complexity index is 427. The molecule has 2 N–H and O–H groups in total. The van der Waals surface area contributed by atoms with Crippen molar-refractivity contribution in [3.05, 3.63) is 11.4 Å². The fourth-order valence-corrected chi connectivity index (χ4v) is 2.19. The third-order valence-corrected chi connectivity index (χ3v) is 3.59. The van der Waals surface area contributed by atoms with Crippen molar-refractivity contribution in [2.45, 2.75) is 38.8 Å². The van der Waals surface area contributed by atoms with Crippen LogP contribution in [0.25, 0.3) is 0 Å². The van der Waals surface area contributed by atoms with E-state index in [4.69, 9.17) is 22.7 Å². The molecule has 0 bridgehead atoms. The Morgan fingerprint density at radius 1 is 1.53 bits per heavy atom. The molecule has 0 aliphatic heterocycles. The molecule has 1 heterocycles. The summed E-state index contributed by atoms with van der Waals surface area (Å²) < 4.78 is 7.28. The van der Waals surface area contributed by atoms with Gasteiger partial charge in [0, 0.05) is 7.11 Å². The van der Waals surface area contributed by atoms with Gasteiger partial charge in [-0.25, -0.2) is 4.68 Å². The number of ether oxygens (including phenoxy) is 1. The van der Waals surface area contributed by atoms with Crippen LogP contribution in [-0.2, 0) is 4.74 Å². The molecule has 1 saturated carbocycles. The minimum Gasteiger partial charge on any atom is -0.388 e. The molecule has 0 spiro atoms. The predicted molar refractivity (Wildman–Crippen MR) is 68.8 cm³/mol. The molecule has 1 fully saturated rings. The minimum absolute atomic E-state index is 0.109. The first-order valence-corrected chi connectivity index (χ1v) is 6.24. The van der Waals surface area contributed by atoms with E-state index in [-0.39, 0.29) is 11.1 Å². The molecule has 0 saturated heterocycles. The largest absolute Gasteiger partial charge is 0.388 e. The van der Waals surface area contributed by atoms with Crippen LogP contribution < -0.4 is 5.73 Å². The van der Waals surface area contributed by atoms with Crippen LogP contribution in [0.2, 0.25) is 0 Å². The summed E-state index contributed by atoms with van der Waals surface area (Å²) >= 11 is 5.00. The van der Waals surface area contributed by atoms with Crippen LogP contribution in [0.1, 0.15) is 50.2 Å². The summed E-state index contributed by atoms with van der Waals surface area (Å²) in [4.78, 5) is 0.276. The van der Waals surface area contributed by atoms with Gasteiger partial charge in [0.15, 0.2) is 0 Å². The lowest BCUT2D eigenvalue weighted by atomic mass is 10.1. The highest BCUT2D eigenvalue weighted by molar-refractivity contribution is 7.80. The number of hydrogen-bond acceptors (Lipinski definition) is 4. The lowest BCUT2D eigenvalue weighted by Crippen LogP contribution is -2.19. The maximum atomic E-state index is 5.67. The van der Waals surface area contributed by atoms with Crippen molar-refractivity contribution in [1.82, 2.24) is 15.0 Å². The maximum Gasteiger partial charge on any atom is 0.145 e. The van der Waals surface area contributed by atoms with E-state index in [0.29, 0.717) is 17.7 Å². The summed E-state index contributed by atoms with van der Waals surface area (Å²) in [5, 5.41) is 8.27. The molecule has 1 aromatic heterocycles. The zero-order valence-electron chi connectivity index (χ0n) is 10.4. The van der Waals surface area contributed by atoms with Crippen molar-refractivity contribution < 1.29 is 4.74 Å². The Hall–Kier alpha value is -1.01. The second kappa shape index (κ2) is 4.70. The Labute approximate surface area is 106 Å². The zero-order chi connectivity index (χ0) is 12.6. The molecule has 1 aromatic rings. The maximum absolute atomic E-state index is 5.67. The standard InChI is InChI=1S/C11H18N4OS/c1-6(8-4-5-8)15-10(7(2)16-3)9(11(12)17)13-14-15/h6-8H,4-5H2,1-3H3,(H2,12,17). The quantitative estimate of drug-likeness (QED) is 0.808. The van der Waals surface area contributed by atoms with Crippen LogP contribution in [0.3, 0.4) is 0 Å². The monoisotopic (exact) mass is 254 g/mol. The van der Waals surface area contributed by atoms with E-state index in [0.717, 1.165) is 5.69 Å². The number of rotatable bonds is 5. The summed E-state index contributed by atoms with van der Waals surface area (Å²) in [5.74, 6) is 0.693. The van der Waals surface area contributed by atoms with Gasteiger partial charge in [0.2, 0.25) is 0 Å². The van der Waals surface area contributed by atoms with E-state index in [1.54, 1.807) is 7.11 Å². The molecular formula is C11H18N4OS. The molecule has 17 heavy (non-hydrogen) atoms. The summed E-state index contributed by atoms with van der Waals surface area (Å²) in [6.07, 6.45) is 2.40. The van der Waals surface area contributed by atoms with Gasteiger partial charge in [-0.3, -0.25) is 0 Å². The average Bonchev–Trinajstić information content (AvgIpc) is 3.05. The highest BCUT2D eigenvalue weighted by Gasteiger charge is 2.33. The van der Waals surface area contributed by atoms with Crippen LogP contribution in [0.4, 0.5) is 0 Å². The molecule has 6 heteroatoms. The fraction of sp³-hybridized carbons (Fsp3) is 0.727. The van der Waals surface area contributed by atoms with Crippen LogP contribution in [0.15, 0.2) is 0 Å². The number of hydrogen-bond donors (Lipinski definition) is 1. The Balaban J connectivity index is 2.40. The first-order valence-electron chi connectivity index (χ1n) is 5.84. The lowest BCUT2D eigenvalue weighted by molar-refractivity contribution is 0.109. The first kappa shape index (κ1) is 12.4. The number of thiocarbonyl (C=S) groups is 1. The van der Waals surface area contributed by atoms with Crippen molar-refractivity contribution in [3.8, 4) is 0 Å². The molecule has 2 atom stereocenters. The van der Waals surface area contributed by atoms with Gasteiger partial charge in [0.05, 0.1) is 17.8 Å². The van der Waals surface area contributed by atoms with Gasteiger partial charge in [-0.15, -0.1) is 5.10 Å². The second-order valence-electron chi connectivity index (χ2n) is 4.59. The Kier molecular flexibility index (Phi) is 3.44. The number of aromatic nitrogens is 3. The molecule has 0 aromatic carbocycles. The van der Waals surface area contributed by atoms with Gasteiger partial charge >= 0.3 is 0 Å². The highest BCUT2D eigenvalue weighted by atomic mass is 32.1. The van der Waals surface area contributed by atoms with E-state index in [1.165, 1.54) is 12.8 Å². The summed E-state index contributed by atoms with van der Waals surface area (Å²) in [6, 6.07) is 0.332. The SMILES string of the molecule is COC(C)c1c(C(N)=S)nnn1C(C)C1CC1. The van der Waals surface area contributed by atoms with E-state index in [9.17, 15) is 0 Å². The van der Waals surface area contributed by atoms with Gasteiger partial charge in [0.25, 0.3) is 0 Å². The second-order valence-corrected chi connectivity index (χ2v) is 5.03. The summed E-state index contributed by atoms with van der Waals surface area (Å²) in [6.45, 7) is 4.11. The molecule has 2 unspecified atom stereocenters. The van der Waals surface area contributed by atoms with Gasteiger partial charge in [-0.05, 0) is 32.6 Å². The number of nitrogens with zero attached hydrogens (tertiary/aromatic N) is 3. The van der Waals surface area contributed by atoms with Crippen LogP contribution >= 0.6 is 12.2 Å². The molecule has 0 amide bonds. The molecule has 1 aliphatic rings. The molecule has 94 valence electrons. The topological polar surface area (TPSA) is 66.0 Å². The van der Waals surface area contributed by atoms with Crippen LogP contribution in [-0.4, -0.2) is 27.1 Å². The third-order valence-electron chi connectivity index (χ3n) is 3.39. The fourth-order valence-electron chi connectivity index (χ4n) is 2.05. The normalized spacial score (nSPS) is 19.0. The van der Waals surface area contributed by atoms with Crippen LogP contribution in [0, 0.1) is 5.92 Å². The molecular weight excluding hydrogens is 236 g/mol. The Morgan fingerprint density at radius 3 is 2.65 bits per heavy atom. The van der Waals surface area contributed by atoms with Crippen molar-refractivity contribution in [2.24, 2.45) is 11.7 Å². The third kappa shape index (κ3) is 2.32. The van der Waals surface area contributed by atoms with Crippen molar-refractivity contribution in [3.63, 3.8) is 0 Å². The summed E-state index contributed by atoms with van der Waals surface area (Å²) in [5.41, 5.74) is 7.15. The zero-order valence-corrected chi connectivity index (χ0v) is 11.2. The summed E-state index contributed by atoms with van der Waals surface area (Å²) in [7, 11) is 1.66. The van der Waals surface area contributed by atoms with E-state index >= 15 is 0 Å². The minimum atomic E-state index is -0.109. The van der Waals surface area contributed by atoms with E-state index < -0.39 is 0 Å². The molecule has 1 aliphatic carbocycles. The van der Waals surface area contributed by atoms with E-state index in [2.05, 4.69) is 17.2 Å². The Morgan fingerprint density at radius 2 is 2.18 bits per heavy atom. The van der Waals surface area contributed by atoms with Gasteiger partial charge in [0.1, 0.15) is 10.7 Å².